The van der Waals surface area contributed by atoms with Gasteiger partial charge in [-0.1, -0.05) is 229 Å². The van der Waals surface area contributed by atoms with Gasteiger partial charge in [0, 0.05) is 19.3 Å². The average molecular weight is 907 g/mol. The van der Waals surface area contributed by atoms with Crippen LogP contribution in [0, 0.1) is 0 Å². The van der Waals surface area contributed by atoms with E-state index in [-0.39, 0.29) is 31.1 Å². The SMILES string of the molecule is CC/C=C\C/C=C\C/C=C\C/C=C\C/C=C\CCCCCC(=O)OC[C@H](COC(=O)CCCCCCCCC/C=C\CCCCCC)OC(=O)CCCCCCCCCCCCCCC. The van der Waals surface area contributed by atoms with E-state index >= 15 is 0 Å². The minimum absolute atomic E-state index is 0.0864. The van der Waals surface area contributed by atoms with Gasteiger partial charge in [-0.05, 0) is 89.9 Å². The number of unbranched alkanes of at least 4 members (excludes halogenated alkanes) is 26. The maximum absolute atomic E-state index is 12.8. The number of rotatable bonds is 49. The molecule has 6 heteroatoms. The second-order valence-corrected chi connectivity index (χ2v) is 18.1. The molecule has 0 unspecified atom stereocenters. The largest absolute Gasteiger partial charge is 0.462 e. The monoisotopic (exact) mass is 907 g/mol. The zero-order chi connectivity index (χ0) is 47.2. The number of allylic oxidation sites excluding steroid dienone is 12. The quantitative estimate of drug-likeness (QED) is 0.0262. The second-order valence-electron chi connectivity index (χ2n) is 18.1. The summed E-state index contributed by atoms with van der Waals surface area (Å²) in [5.74, 6) is -0.917. The molecule has 1 atom stereocenters. The molecule has 0 aromatic carbocycles. The molecule has 0 rings (SSSR count). The topological polar surface area (TPSA) is 78.9 Å². The first-order valence-electron chi connectivity index (χ1n) is 27.4. The van der Waals surface area contributed by atoms with Crippen LogP contribution < -0.4 is 0 Å². The molecule has 0 fully saturated rings. The molecule has 0 amide bonds. The van der Waals surface area contributed by atoms with E-state index in [0.29, 0.717) is 19.3 Å². The number of carbonyl (C=O) groups excluding carboxylic acids is 3. The zero-order valence-corrected chi connectivity index (χ0v) is 42.7. The zero-order valence-electron chi connectivity index (χ0n) is 42.7. The normalized spacial score (nSPS) is 12.6. The van der Waals surface area contributed by atoms with E-state index in [1.165, 1.54) is 128 Å². The smallest absolute Gasteiger partial charge is 0.306 e. The van der Waals surface area contributed by atoms with Gasteiger partial charge in [0.1, 0.15) is 13.2 Å². The molecule has 0 aliphatic rings. The lowest BCUT2D eigenvalue weighted by Gasteiger charge is -2.18. The minimum Gasteiger partial charge on any atom is -0.462 e. The summed E-state index contributed by atoms with van der Waals surface area (Å²) in [7, 11) is 0. The van der Waals surface area contributed by atoms with Crippen LogP contribution in [0.2, 0.25) is 0 Å². The fourth-order valence-electron chi connectivity index (χ4n) is 7.58. The van der Waals surface area contributed by atoms with Crippen molar-refractivity contribution in [2.24, 2.45) is 0 Å². The van der Waals surface area contributed by atoms with Crippen LogP contribution >= 0.6 is 0 Å². The van der Waals surface area contributed by atoms with Crippen molar-refractivity contribution >= 4 is 17.9 Å². The highest BCUT2D eigenvalue weighted by atomic mass is 16.6. The van der Waals surface area contributed by atoms with Crippen LogP contribution in [0.5, 0.6) is 0 Å². The molecule has 0 aliphatic carbocycles. The molecular weight excluding hydrogens is 805 g/mol. The molecule has 0 saturated heterocycles. The highest BCUT2D eigenvalue weighted by Gasteiger charge is 2.19. The molecule has 0 N–H and O–H groups in total. The van der Waals surface area contributed by atoms with Gasteiger partial charge in [0.15, 0.2) is 6.10 Å². The van der Waals surface area contributed by atoms with E-state index < -0.39 is 6.10 Å². The van der Waals surface area contributed by atoms with Gasteiger partial charge in [-0.2, -0.15) is 0 Å². The molecule has 0 spiro atoms. The maximum atomic E-state index is 12.8. The second kappa shape index (κ2) is 53.5. The van der Waals surface area contributed by atoms with E-state index in [4.69, 9.17) is 14.2 Å². The van der Waals surface area contributed by atoms with Crippen molar-refractivity contribution in [2.45, 2.75) is 271 Å². The van der Waals surface area contributed by atoms with Crippen molar-refractivity contribution in [2.75, 3.05) is 13.2 Å². The highest BCUT2D eigenvalue weighted by molar-refractivity contribution is 5.71. The van der Waals surface area contributed by atoms with Gasteiger partial charge in [0.2, 0.25) is 0 Å². The van der Waals surface area contributed by atoms with Crippen molar-refractivity contribution in [3.05, 3.63) is 72.9 Å². The van der Waals surface area contributed by atoms with Gasteiger partial charge in [0.05, 0.1) is 0 Å². The van der Waals surface area contributed by atoms with E-state index in [0.717, 1.165) is 96.3 Å². The third-order valence-electron chi connectivity index (χ3n) is 11.7. The van der Waals surface area contributed by atoms with Gasteiger partial charge >= 0.3 is 17.9 Å². The molecule has 0 saturated carbocycles. The van der Waals surface area contributed by atoms with Gasteiger partial charge in [-0.15, -0.1) is 0 Å². The number of hydrogen-bond donors (Lipinski definition) is 0. The highest BCUT2D eigenvalue weighted by Crippen LogP contribution is 2.15. The lowest BCUT2D eigenvalue weighted by Crippen LogP contribution is -2.30. The molecule has 0 aliphatic heterocycles. The minimum atomic E-state index is -0.788. The Bertz CT molecular complexity index is 1230. The molecule has 6 nitrogen and oxygen atoms in total. The first-order valence-corrected chi connectivity index (χ1v) is 27.4. The van der Waals surface area contributed by atoms with Crippen molar-refractivity contribution in [1.29, 1.82) is 0 Å². The summed E-state index contributed by atoms with van der Waals surface area (Å²) in [6.45, 7) is 6.49. The van der Waals surface area contributed by atoms with Crippen LogP contribution in [0.4, 0.5) is 0 Å². The van der Waals surface area contributed by atoms with Crippen molar-refractivity contribution in [3.63, 3.8) is 0 Å². The predicted molar refractivity (Wildman–Crippen MR) is 279 cm³/mol. The van der Waals surface area contributed by atoms with Crippen molar-refractivity contribution in [1.82, 2.24) is 0 Å². The summed E-state index contributed by atoms with van der Waals surface area (Å²) >= 11 is 0. The third kappa shape index (κ3) is 51.7. The molecule has 0 bridgehead atoms. The summed E-state index contributed by atoms with van der Waals surface area (Å²) < 4.78 is 16.8. The summed E-state index contributed by atoms with van der Waals surface area (Å²) in [4.78, 5) is 38.1. The van der Waals surface area contributed by atoms with E-state index in [1.807, 2.05) is 0 Å². The van der Waals surface area contributed by atoms with Crippen LogP contribution in [0.3, 0.4) is 0 Å². The Morgan fingerprint density at radius 1 is 0.323 bits per heavy atom. The molecule has 0 aromatic rings. The third-order valence-corrected chi connectivity index (χ3v) is 11.7. The number of carbonyl (C=O) groups is 3. The lowest BCUT2D eigenvalue weighted by atomic mass is 10.0. The molecular formula is C59H102O6. The molecule has 0 radical (unpaired) electrons. The van der Waals surface area contributed by atoms with Crippen LogP contribution in [-0.2, 0) is 28.6 Å². The van der Waals surface area contributed by atoms with Gasteiger partial charge in [-0.3, -0.25) is 14.4 Å². The van der Waals surface area contributed by atoms with Gasteiger partial charge < -0.3 is 14.2 Å². The van der Waals surface area contributed by atoms with Crippen LogP contribution in [0.25, 0.3) is 0 Å². The maximum Gasteiger partial charge on any atom is 0.306 e. The Morgan fingerprint density at radius 3 is 0.985 bits per heavy atom. The number of esters is 3. The summed E-state index contributed by atoms with van der Waals surface area (Å²) in [6.07, 6.45) is 67.4. The van der Waals surface area contributed by atoms with Gasteiger partial charge in [0.25, 0.3) is 0 Å². The fraction of sp³-hybridized carbons (Fsp3) is 0.746. The van der Waals surface area contributed by atoms with Crippen LogP contribution in [0.1, 0.15) is 265 Å². The predicted octanol–water partition coefficient (Wildman–Crippen LogP) is 18.2. The number of hydrogen-bond acceptors (Lipinski definition) is 6. The van der Waals surface area contributed by atoms with Gasteiger partial charge in [-0.25, -0.2) is 0 Å². The number of ether oxygens (including phenoxy) is 3. The van der Waals surface area contributed by atoms with Crippen molar-refractivity contribution < 1.29 is 28.6 Å². The van der Waals surface area contributed by atoms with Crippen molar-refractivity contribution in [3.8, 4) is 0 Å². The Balaban J connectivity index is 4.42. The molecule has 374 valence electrons. The van der Waals surface area contributed by atoms with E-state index in [9.17, 15) is 14.4 Å². The fourth-order valence-corrected chi connectivity index (χ4v) is 7.58. The molecule has 0 aromatic heterocycles. The van der Waals surface area contributed by atoms with E-state index in [1.54, 1.807) is 0 Å². The van der Waals surface area contributed by atoms with Crippen LogP contribution in [0.15, 0.2) is 72.9 Å². The lowest BCUT2D eigenvalue weighted by molar-refractivity contribution is -0.167. The standard InChI is InChI=1S/C59H102O6/c1-4-7-10-13-16-19-22-25-27-28-29-30-32-35-37-40-43-46-49-52-58(61)64-55-56(65-59(62)53-50-47-44-41-38-33-24-21-18-15-12-9-6-3)54-63-57(60)51-48-45-42-39-36-34-31-26-23-20-17-14-11-8-5-2/h7,10,16,19-20,23,25,27,29-30,35,37,56H,4-6,8-9,11-15,17-18,21-22,24,26,28,31-34,36,38-55H2,1-3H3/b10-7-,19-16-,23-20-,27-25-,30-29-,37-35-/t56-/m0/s1. The Morgan fingerprint density at radius 2 is 0.600 bits per heavy atom. The molecule has 65 heavy (non-hydrogen) atoms. The van der Waals surface area contributed by atoms with E-state index in [2.05, 4.69) is 93.7 Å². The average Bonchev–Trinajstić information content (AvgIpc) is 3.30. The Hall–Kier alpha value is -3.15. The van der Waals surface area contributed by atoms with Crippen LogP contribution in [-0.4, -0.2) is 37.2 Å². The molecule has 0 heterocycles. The summed E-state index contributed by atoms with van der Waals surface area (Å²) in [5.41, 5.74) is 0. The first kappa shape index (κ1) is 61.9. The Kier molecular flexibility index (Phi) is 50.9. The summed E-state index contributed by atoms with van der Waals surface area (Å²) in [6, 6.07) is 0. The Labute approximate surface area is 402 Å². The first-order chi connectivity index (χ1) is 32.0. The summed E-state index contributed by atoms with van der Waals surface area (Å²) in [5, 5.41) is 0.